The van der Waals surface area contributed by atoms with E-state index in [1.165, 1.54) is 6.92 Å². The molecule has 2 amide bonds. The van der Waals surface area contributed by atoms with Gasteiger partial charge < -0.3 is 15.4 Å². The van der Waals surface area contributed by atoms with E-state index < -0.39 is 0 Å². The van der Waals surface area contributed by atoms with E-state index in [-0.39, 0.29) is 24.0 Å². The van der Waals surface area contributed by atoms with Crippen molar-refractivity contribution < 1.29 is 14.3 Å². The second-order valence-corrected chi connectivity index (χ2v) is 7.89. The number of anilines is 2. The normalized spacial score (nSPS) is 19.6. The van der Waals surface area contributed by atoms with E-state index in [4.69, 9.17) is 16.3 Å². The lowest BCUT2D eigenvalue weighted by Gasteiger charge is -2.35. The molecule has 0 aliphatic carbocycles. The first kappa shape index (κ1) is 21.3. The molecule has 1 saturated heterocycles. The van der Waals surface area contributed by atoms with Crippen LogP contribution < -0.4 is 10.6 Å². The van der Waals surface area contributed by atoms with Crippen LogP contribution in [-0.2, 0) is 16.1 Å². The van der Waals surface area contributed by atoms with Crippen molar-refractivity contribution in [1.82, 2.24) is 4.90 Å². The fraction of sp³-hybridized carbons (Fsp3) is 0.364. The number of hydrogen-bond acceptors (Lipinski definition) is 4. The van der Waals surface area contributed by atoms with E-state index in [0.29, 0.717) is 22.0 Å². The smallest absolute Gasteiger partial charge is 0.255 e. The number of benzene rings is 2. The Morgan fingerprint density at radius 1 is 1.07 bits per heavy atom. The molecular formula is C22H26ClN3O3. The van der Waals surface area contributed by atoms with Gasteiger partial charge in [-0.15, -0.1) is 0 Å². The summed E-state index contributed by atoms with van der Waals surface area (Å²) in [6.07, 6.45) is 0.455. The average Bonchev–Trinajstić information content (AvgIpc) is 2.63. The van der Waals surface area contributed by atoms with E-state index in [0.717, 1.165) is 25.2 Å². The Morgan fingerprint density at radius 3 is 2.31 bits per heavy atom. The Hall–Kier alpha value is -2.41. The van der Waals surface area contributed by atoms with Crippen LogP contribution in [0.2, 0.25) is 5.02 Å². The number of carbonyl (C=O) groups is 2. The fourth-order valence-corrected chi connectivity index (χ4v) is 3.75. The molecule has 2 atom stereocenters. The van der Waals surface area contributed by atoms with Crippen molar-refractivity contribution in [2.24, 2.45) is 0 Å². The summed E-state index contributed by atoms with van der Waals surface area (Å²) in [5, 5.41) is 5.82. The number of halogens is 1. The molecule has 1 heterocycles. The molecule has 154 valence electrons. The van der Waals surface area contributed by atoms with Crippen molar-refractivity contribution >= 4 is 34.8 Å². The molecule has 1 aliphatic heterocycles. The molecule has 6 nitrogen and oxygen atoms in total. The van der Waals surface area contributed by atoms with Gasteiger partial charge in [-0.25, -0.2) is 0 Å². The Kier molecular flexibility index (Phi) is 6.90. The van der Waals surface area contributed by atoms with E-state index in [9.17, 15) is 9.59 Å². The molecule has 2 aromatic carbocycles. The minimum atomic E-state index is -0.237. The van der Waals surface area contributed by atoms with Crippen LogP contribution in [0.3, 0.4) is 0 Å². The zero-order chi connectivity index (χ0) is 21.0. The van der Waals surface area contributed by atoms with Crippen molar-refractivity contribution in [3.63, 3.8) is 0 Å². The highest BCUT2D eigenvalue weighted by atomic mass is 35.5. The number of nitrogens with one attached hydrogen (secondary N) is 2. The summed E-state index contributed by atoms with van der Waals surface area (Å²) < 4.78 is 5.77. The first-order valence-corrected chi connectivity index (χ1v) is 10.0. The van der Waals surface area contributed by atoms with Gasteiger partial charge in [-0.2, -0.15) is 0 Å². The molecule has 2 unspecified atom stereocenters. The number of nitrogens with zero attached hydrogens (tertiary/aromatic N) is 1. The second kappa shape index (κ2) is 9.39. The summed E-state index contributed by atoms with van der Waals surface area (Å²) in [7, 11) is 0. The lowest BCUT2D eigenvalue weighted by Crippen LogP contribution is -2.44. The standard InChI is InChI=1S/C22H26ClN3O3/c1-14-11-26(12-15(2)29-14)13-17-4-6-18(7-5-17)22(28)25-21-9-8-19(10-20(21)23)24-16(3)27/h4-10,14-15H,11-13H2,1-3H3,(H,24,27)(H,25,28). The topological polar surface area (TPSA) is 70.7 Å². The largest absolute Gasteiger partial charge is 0.373 e. The van der Waals surface area contributed by atoms with E-state index in [1.54, 1.807) is 18.2 Å². The Balaban J connectivity index is 1.61. The third-order valence-corrected chi connectivity index (χ3v) is 4.97. The molecule has 29 heavy (non-hydrogen) atoms. The summed E-state index contributed by atoms with van der Waals surface area (Å²) >= 11 is 6.22. The highest BCUT2D eigenvalue weighted by Gasteiger charge is 2.22. The maximum atomic E-state index is 12.5. The summed E-state index contributed by atoms with van der Waals surface area (Å²) in [6.45, 7) is 8.23. The Labute approximate surface area is 176 Å². The number of ether oxygens (including phenoxy) is 1. The van der Waals surface area contributed by atoms with E-state index >= 15 is 0 Å². The van der Waals surface area contributed by atoms with Gasteiger partial charge in [-0.1, -0.05) is 23.7 Å². The summed E-state index contributed by atoms with van der Waals surface area (Å²) in [5.41, 5.74) is 2.78. The molecular weight excluding hydrogens is 390 g/mol. The van der Waals surface area contributed by atoms with Crippen LogP contribution in [0.1, 0.15) is 36.7 Å². The van der Waals surface area contributed by atoms with Crippen LogP contribution in [0, 0.1) is 0 Å². The van der Waals surface area contributed by atoms with Gasteiger partial charge in [0.05, 0.1) is 22.9 Å². The number of hydrogen-bond donors (Lipinski definition) is 2. The number of morpholine rings is 1. The molecule has 2 N–H and O–H groups in total. The van der Waals surface area contributed by atoms with Crippen LogP contribution in [0.15, 0.2) is 42.5 Å². The molecule has 0 spiro atoms. The third kappa shape index (κ3) is 6.03. The molecule has 0 radical (unpaired) electrons. The molecule has 0 bridgehead atoms. The van der Waals surface area contributed by atoms with Crippen molar-refractivity contribution in [3.8, 4) is 0 Å². The third-order valence-electron chi connectivity index (χ3n) is 4.66. The van der Waals surface area contributed by atoms with Gasteiger partial charge in [0.25, 0.3) is 5.91 Å². The quantitative estimate of drug-likeness (QED) is 0.769. The molecule has 0 saturated carbocycles. The van der Waals surface area contributed by atoms with Crippen LogP contribution >= 0.6 is 11.6 Å². The molecule has 3 rings (SSSR count). The maximum Gasteiger partial charge on any atom is 0.255 e. The minimum Gasteiger partial charge on any atom is -0.373 e. The SMILES string of the molecule is CC(=O)Nc1ccc(NC(=O)c2ccc(CN3CC(C)OC(C)C3)cc2)c(Cl)c1. The predicted octanol–water partition coefficient (Wildman–Crippen LogP) is 4.16. The second-order valence-electron chi connectivity index (χ2n) is 7.48. The predicted molar refractivity (Wildman–Crippen MR) is 115 cm³/mol. The minimum absolute atomic E-state index is 0.182. The molecule has 7 heteroatoms. The average molecular weight is 416 g/mol. The lowest BCUT2D eigenvalue weighted by atomic mass is 10.1. The van der Waals surface area contributed by atoms with Crippen molar-refractivity contribution in [1.29, 1.82) is 0 Å². The zero-order valence-electron chi connectivity index (χ0n) is 16.9. The van der Waals surface area contributed by atoms with Crippen LogP contribution in [0.25, 0.3) is 0 Å². The van der Waals surface area contributed by atoms with Gasteiger partial charge in [-0.3, -0.25) is 14.5 Å². The van der Waals surface area contributed by atoms with Gasteiger partial charge in [0.2, 0.25) is 5.91 Å². The van der Waals surface area contributed by atoms with Crippen molar-refractivity contribution in [3.05, 3.63) is 58.6 Å². The van der Waals surface area contributed by atoms with Gasteiger partial charge in [0.1, 0.15) is 0 Å². The Bertz CT molecular complexity index is 875. The van der Waals surface area contributed by atoms with Gasteiger partial charge in [0, 0.05) is 37.8 Å². The lowest BCUT2D eigenvalue weighted by molar-refractivity contribution is -0.114. The number of carbonyl (C=O) groups excluding carboxylic acids is 2. The number of rotatable bonds is 5. The van der Waals surface area contributed by atoms with E-state index in [1.807, 2.05) is 24.3 Å². The van der Waals surface area contributed by atoms with Crippen LogP contribution in [0.5, 0.6) is 0 Å². The van der Waals surface area contributed by atoms with E-state index in [2.05, 4.69) is 29.4 Å². The van der Waals surface area contributed by atoms with Gasteiger partial charge in [0.15, 0.2) is 0 Å². The molecule has 2 aromatic rings. The number of amides is 2. The first-order chi connectivity index (χ1) is 13.8. The van der Waals surface area contributed by atoms with Gasteiger partial charge in [-0.05, 0) is 49.7 Å². The molecule has 1 fully saturated rings. The summed E-state index contributed by atoms with van der Waals surface area (Å²) in [5.74, 6) is -0.418. The maximum absolute atomic E-state index is 12.5. The monoisotopic (exact) mass is 415 g/mol. The summed E-state index contributed by atoms with van der Waals surface area (Å²) in [4.78, 5) is 26.0. The first-order valence-electron chi connectivity index (χ1n) is 9.65. The highest BCUT2D eigenvalue weighted by Crippen LogP contribution is 2.26. The molecule has 1 aliphatic rings. The zero-order valence-corrected chi connectivity index (χ0v) is 17.6. The van der Waals surface area contributed by atoms with Gasteiger partial charge >= 0.3 is 0 Å². The summed E-state index contributed by atoms with van der Waals surface area (Å²) in [6, 6.07) is 12.5. The fourth-order valence-electron chi connectivity index (χ4n) is 3.53. The highest BCUT2D eigenvalue weighted by molar-refractivity contribution is 6.34. The molecule has 0 aromatic heterocycles. The van der Waals surface area contributed by atoms with Crippen LogP contribution in [-0.4, -0.2) is 42.0 Å². The van der Waals surface area contributed by atoms with Crippen molar-refractivity contribution in [2.45, 2.75) is 39.5 Å². The van der Waals surface area contributed by atoms with Crippen molar-refractivity contribution in [2.75, 3.05) is 23.7 Å². The van der Waals surface area contributed by atoms with Crippen LogP contribution in [0.4, 0.5) is 11.4 Å². The Morgan fingerprint density at radius 2 is 1.72 bits per heavy atom.